The normalized spacial score (nSPS) is 17.9. The van der Waals surface area contributed by atoms with Crippen molar-refractivity contribution in [3.8, 4) is 0 Å². The van der Waals surface area contributed by atoms with E-state index in [-0.39, 0.29) is 11.9 Å². The highest BCUT2D eigenvalue weighted by atomic mass is 16.5. The number of nitrogens with one attached hydrogen (secondary N) is 1. The summed E-state index contributed by atoms with van der Waals surface area (Å²) < 4.78 is 5.19. The van der Waals surface area contributed by atoms with Gasteiger partial charge in [0.2, 0.25) is 0 Å². The Morgan fingerprint density at radius 1 is 1.37 bits per heavy atom. The number of nitrogens with zero attached hydrogens (tertiary/aromatic N) is 3. The van der Waals surface area contributed by atoms with Crippen molar-refractivity contribution in [3.05, 3.63) is 35.9 Å². The molecule has 0 spiro atoms. The van der Waals surface area contributed by atoms with Gasteiger partial charge in [0.05, 0.1) is 12.5 Å². The minimum Gasteiger partial charge on any atom is -0.466 e. The Balaban J connectivity index is 1.71. The smallest absolute Gasteiger partial charge is 0.310 e. The van der Waals surface area contributed by atoms with Gasteiger partial charge in [0.15, 0.2) is 5.96 Å². The Kier molecular flexibility index (Phi) is 9.11. The third-order valence-electron chi connectivity index (χ3n) is 4.85. The van der Waals surface area contributed by atoms with Crippen LogP contribution in [-0.2, 0) is 16.1 Å². The number of likely N-dealkylation sites (tertiary alicyclic amines) is 1. The molecule has 0 saturated carbocycles. The highest BCUT2D eigenvalue weighted by molar-refractivity contribution is 5.81. The number of esters is 1. The van der Waals surface area contributed by atoms with Crippen LogP contribution < -0.4 is 5.32 Å². The molecule has 1 heterocycles. The number of rotatable bonds is 8. The molecular weight excluding hydrogens is 340 g/mol. The first-order chi connectivity index (χ1) is 13.1. The molecule has 27 heavy (non-hydrogen) atoms. The highest BCUT2D eigenvalue weighted by Gasteiger charge is 2.28. The number of benzene rings is 1. The molecule has 1 aliphatic heterocycles. The predicted molar refractivity (Wildman–Crippen MR) is 110 cm³/mol. The average molecular weight is 375 g/mol. The van der Waals surface area contributed by atoms with Gasteiger partial charge in [-0.25, -0.2) is 0 Å². The lowest BCUT2D eigenvalue weighted by atomic mass is 9.98. The van der Waals surface area contributed by atoms with Crippen LogP contribution in [0.15, 0.2) is 35.3 Å². The van der Waals surface area contributed by atoms with Gasteiger partial charge in [-0.2, -0.15) is 0 Å². The maximum absolute atomic E-state index is 12.0. The molecule has 0 aliphatic carbocycles. The summed E-state index contributed by atoms with van der Waals surface area (Å²) in [5.74, 6) is 0.754. The molecule has 1 N–H and O–H groups in total. The number of ether oxygens (including phenoxy) is 1. The van der Waals surface area contributed by atoms with Crippen molar-refractivity contribution in [2.75, 3.05) is 46.9 Å². The van der Waals surface area contributed by atoms with Crippen LogP contribution in [0.4, 0.5) is 0 Å². The fraction of sp³-hybridized carbons (Fsp3) is 0.619. The summed E-state index contributed by atoms with van der Waals surface area (Å²) in [6.45, 7) is 6.77. The second-order valence-corrected chi connectivity index (χ2v) is 7.09. The zero-order chi connectivity index (χ0) is 19.5. The molecule has 6 nitrogen and oxygen atoms in total. The van der Waals surface area contributed by atoms with E-state index in [4.69, 9.17) is 4.74 Å². The molecule has 0 amide bonds. The van der Waals surface area contributed by atoms with Crippen molar-refractivity contribution >= 4 is 11.9 Å². The fourth-order valence-electron chi connectivity index (χ4n) is 3.48. The molecule has 1 aromatic rings. The third-order valence-corrected chi connectivity index (χ3v) is 4.85. The zero-order valence-corrected chi connectivity index (χ0v) is 17.0. The monoisotopic (exact) mass is 374 g/mol. The largest absolute Gasteiger partial charge is 0.466 e. The lowest BCUT2D eigenvalue weighted by Gasteiger charge is -2.34. The van der Waals surface area contributed by atoms with Crippen LogP contribution in [0.25, 0.3) is 0 Å². The van der Waals surface area contributed by atoms with Crippen LogP contribution in [0.5, 0.6) is 0 Å². The Hall–Kier alpha value is -2.08. The first-order valence-corrected chi connectivity index (χ1v) is 9.98. The van der Waals surface area contributed by atoms with Gasteiger partial charge in [-0.1, -0.05) is 30.3 Å². The quantitative estimate of drug-likeness (QED) is 0.328. The van der Waals surface area contributed by atoms with Gasteiger partial charge in [-0.05, 0) is 45.3 Å². The second kappa shape index (κ2) is 11.6. The first-order valence-electron chi connectivity index (χ1n) is 9.98. The van der Waals surface area contributed by atoms with Crippen molar-refractivity contribution < 1.29 is 9.53 Å². The number of carbonyl (C=O) groups excluding carboxylic acids is 1. The van der Waals surface area contributed by atoms with Crippen molar-refractivity contribution in [2.24, 2.45) is 10.9 Å². The molecule has 150 valence electrons. The lowest BCUT2D eigenvalue weighted by molar-refractivity contribution is -0.149. The summed E-state index contributed by atoms with van der Waals surface area (Å²) in [5, 5.41) is 3.45. The lowest BCUT2D eigenvalue weighted by Crippen LogP contribution is -2.48. The number of carbonyl (C=O) groups is 1. The van der Waals surface area contributed by atoms with Crippen LogP contribution in [-0.4, -0.2) is 68.6 Å². The molecule has 1 saturated heterocycles. The SMILES string of the molecule is CCOC(=O)C1CCCN(C(=NC)NCCCN(C)Cc2ccccc2)C1. The van der Waals surface area contributed by atoms with Crippen LogP contribution in [0.3, 0.4) is 0 Å². The zero-order valence-electron chi connectivity index (χ0n) is 17.0. The van der Waals surface area contributed by atoms with Crippen LogP contribution in [0.2, 0.25) is 0 Å². The van der Waals surface area contributed by atoms with E-state index in [0.29, 0.717) is 13.2 Å². The molecule has 1 unspecified atom stereocenters. The van der Waals surface area contributed by atoms with E-state index in [2.05, 4.69) is 51.4 Å². The molecule has 1 atom stereocenters. The van der Waals surface area contributed by atoms with E-state index >= 15 is 0 Å². The van der Waals surface area contributed by atoms with Crippen molar-refractivity contribution in [2.45, 2.75) is 32.7 Å². The Bertz CT molecular complexity index is 591. The topological polar surface area (TPSA) is 57.2 Å². The Labute approximate surface area is 163 Å². The van der Waals surface area contributed by atoms with E-state index in [1.807, 2.05) is 13.0 Å². The van der Waals surface area contributed by atoms with Gasteiger partial charge in [0.25, 0.3) is 0 Å². The predicted octanol–water partition coefficient (Wildman–Crippen LogP) is 2.36. The van der Waals surface area contributed by atoms with Gasteiger partial charge in [-0.15, -0.1) is 0 Å². The van der Waals surface area contributed by atoms with Gasteiger partial charge in [0, 0.05) is 33.2 Å². The standard InChI is InChI=1S/C21H34N4O2/c1-4-27-20(26)19-12-8-15-25(17-19)21(22-2)23-13-9-14-24(3)16-18-10-6-5-7-11-18/h5-7,10-11,19H,4,8-9,12-17H2,1-3H3,(H,22,23). The number of piperidine rings is 1. The van der Waals surface area contributed by atoms with E-state index in [1.165, 1.54) is 5.56 Å². The van der Waals surface area contributed by atoms with Crippen LogP contribution in [0, 0.1) is 5.92 Å². The number of hydrogen-bond acceptors (Lipinski definition) is 4. The van der Waals surface area contributed by atoms with Crippen LogP contribution in [0.1, 0.15) is 31.7 Å². The van der Waals surface area contributed by atoms with E-state index < -0.39 is 0 Å². The summed E-state index contributed by atoms with van der Waals surface area (Å²) in [4.78, 5) is 20.9. The molecule has 1 fully saturated rings. The van der Waals surface area contributed by atoms with Crippen molar-refractivity contribution in [3.63, 3.8) is 0 Å². The second-order valence-electron chi connectivity index (χ2n) is 7.09. The van der Waals surface area contributed by atoms with Crippen molar-refractivity contribution in [1.82, 2.24) is 15.1 Å². The van der Waals surface area contributed by atoms with E-state index in [9.17, 15) is 4.79 Å². The summed E-state index contributed by atoms with van der Waals surface area (Å²) in [6, 6.07) is 10.5. The molecular formula is C21H34N4O2. The molecule has 6 heteroatoms. The Morgan fingerprint density at radius 3 is 2.85 bits per heavy atom. The van der Waals surface area contributed by atoms with Crippen LogP contribution >= 0.6 is 0 Å². The van der Waals surface area contributed by atoms with Gasteiger partial charge in [0.1, 0.15) is 0 Å². The minimum atomic E-state index is -0.0832. The maximum Gasteiger partial charge on any atom is 0.310 e. The van der Waals surface area contributed by atoms with Gasteiger partial charge in [-0.3, -0.25) is 9.79 Å². The number of aliphatic imine (C=N–C) groups is 1. The summed E-state index contributed by atoms with van der Waals surface area (Å²) in [7, 11) is 3.95. The first kappa shape index (κ1) is 21.2. The number of hydrogen-bond donors (Lipinski definition) is 1. The Morgan fingerprint density at radius 2 is 2.15 bits per heavy atom. The molecule has 1 aliphatic rings. The minimum absolute atomic E-state index is 0.0470. The highest BCUT2D eigenvalue weighted by Crippen LogP contribution is 2.18. The molecule has 0 radical (unpaired) electrons. The molecule has 1 aromatic carbocycles. The summed E-state index contributed by atoms with van der Waals surface area (Å²) >= 11 is 0. The summed E-state index contributed by atoms with van der Waals surface area (Å²) in [5.41, 5.74) is 1.34. The summed E-state index contributed by atoms with van der Waals surface area (Å²) in [6.07, 6.45) is 2.93. The van der Waals surface area contributed by atoms with Crippen molar-refractivity contribution in [1.29, 1.82) is 0 Å². The average Bonchev–Trinajstić information content (AvgIpc) is 2.69. The third kappa shape index (κ3) is 7.21. The molecule has 0 aromatic heterocycles. The van der Waals surface area contributed by atoms with Gasteiger partial charge >= 0.3 is 5.97 Å². The fourth-order valence-corrected chi connectivity index (χ4v) is 3.48. The molecule has 0 bridgehead atoms. The molecule has 2 rings (SSSR count). The van der Waals surface area contributed by atoms with E-state index in [1.54, 1.807) is 7.05 Å². The maximum atomic E-state index is 12.0. The number of guanidine groups is 1. The van der Waals surface area contributed by atoms with Gasteiger partial charge < -0.3 is 19.9 Å². The van der Waals surface area contributed by atoms with E-state index in [0.717, 1.165) is 51.4 Å².